The summed E-state index contributed by atoms with van der Waals surface area (Å²) in [5.74, 6) is -0.480. The highest BCUT2D eigenvalue weighted by molar-refractivity contribution is 5.70. The van der Waals surface area contributed by atoms with Crippen LogP contribution in [0.3, 0.4) is 0 Å². The lowest BCUT2D eigenvalue weighted by Gasteiger charge is -2.18. The number of aromatic amines is 1. The Kier molecular flexibility index (Phi) is 3.11. The molecule has 0 bridgehead atoms. The van der Waals surface area contributed by atoms with E-state index in [4.69, 9.17) is 4.74 Å². The van der Waals surface area contributed by atoms with E-state index in [0.717, 1.165) is 6.07 Å². The van der Waals surface area contributed by atoms with Gasteiger partial charge < -0.3 is 20.2 Å². The molecule has 0 saturated heterocycles. The van der Waals surface area contributed by atoms with E-state index in [2.05, 4.69) is 15.5 Å². The van der Waals surface area contributed by atoms with Crippen LogP contribution in [-0.4, -0.2) is 26.8 Å². The van der Waals surface area contributed by atoms with Crippen molar-refractivity contribution in [2.45, 2.75) is 26.3 Å². The fourth-order valence-electron chi connectivity index (χ4n) is 0.866. The third-order valence-electron chi connectivity index (χ3n) is 1.41. The van der Waals surface area contributed by atoms with Gasteiger partial charge >= 0.3 is 11.9 Å². The summed E-state index contributed by atoms with van der Waals surface area (Å²) in [6.45, 7) is 5.34. The van der Waals surface area contributed by atoms with Crippen molar-refractivity contribution in [2.75, 3.05) is 0 Å². The Morgan fingerprint density at radius 1 is 1.62 bits per heavy atom. The van der Waals surface area contributed by atoms with E-state index in [1.165, 1.54) is 0 Å². The van der Waals surface area contributed by atoms with Gasteiger partial charge in [0.2, 0.25) is 0 Å². The van der Waals surface area contributed by atoms with Gasteiger partial charge in [0.05, 0.1) is 0 Å². The highest BCUT2D eigenvalue weighted by Gasteiger charge is 2.18. The van der Waals surface area contributed by atoms with Crippen LogP contribution in [0, 0.1) is 10.1 Å². The topological polar surface area (TPSA) is 110 Å². The minimum atomic E-state index is -0.714. The van der Waals surface area contributed by atoms with Gasteiger partial charge in [-0.1, -0.05) is 0 Å². The Morgan fingerprint density at radius 3 is 2.69 bits per heavy atom. The lowest BCUT2D eigenvalue weighted by atomic mass is 10.1. The number of amides is 1. The molecule has 0 aliphatic heterocycles. The number of H-pyrrole nitrogens is 1. The van der Waals surface area contributed by atoms with Crippen LogP contribution in [0.25, 0.3) is 0 Å². The number of nitro groups is 1. The molecule has 0 radical (unpaired) electrons. The molecule has 0 spiro atoms. The fraction of sp³-hybridized carbons (Fsp3) is 0.500. The molecule has 0 fully saturated rings. The van der Waals surface area contributed by atoms with E-state index < -0.39 is 16.6 Å². The monoisotopic (exact) mass is 228 g/mol. The first kappa shape index (κ1) is 12.0. The van der Waals surface area contributed by atoms with Crippen LogP contribution < -0.4 is 10.1 Å². The molecular formula is C8H12N4O4. The van der Waals surface area contributed by atoms with Crippen LogP contribution in [0.2, 0.25) is 0 Å². The predicted molar refractivity (Wildman–Crippen MR) is 54.2 cm³/mol. The molecule has 1 aromatic heterocycles. The van der Waals surface area contributed by atoms with Crippen molar-refractivity contribution < 1.29 is 14.5 Å². The van der Waals surface area contributed by atoms with E-state index in [9.17, 15) is 14.9 Å². The molecule has 88 valence electrons. The maximum absolute atomic E-state index is 11.3. The largest absolute Gasteiger partial charge is 0.414 e. The Balaban J connectivity index is 2.60. The Bertz CT molecular complexity index is 406. The molecule has 1 aromatic rings. The molecule has 1 rings (SSSR count). The number of ether oxygens (including phenoxy) is 1. The van der Waals surface area contributed by atoms with E-state index in [-0.39, 0.29) is 11.7 Å². The Morgan fingerprint density at radius 2 is 2.25 bits per heavy atom. The zero-order valence-electron chi connectivity index (χ0n) is 9.10. The maximum atomic E-state index is 11.3. The number of carbonyl (C=O) groups excluding carboxylic acids is 1. The van der Waals surface area contributed by atoms with Gasteiger partial charge in [-0.2, -0.15) is 0 Å². The highest BCUT2D eigenvalue weighted by Crippen LogP contribution is 2.14. The van der Waals surface area contributed by atoms with Crippen LogP contribution >= 0.6 is 0 Å². The van der Waals surface area contributed by atoms with Gasteiger partial charge in [0.1, 0.15) is 6.07 Å². The second-order valence-corrected chi connectivity index (χ2v) is 4.11. The van der Waals surface area contributed by atoms with Gasteiger partial charge in [-0.05, 0) is 30.8 Å². The molecule has 1 amide bonds. The lowest BCUT2D eigenvalue weighted by Crippen LogP contribution is -2.42. The van der Waals surface area contributed by atoms with Crippen molar-refractivity contribution in [3.05, 3.63) is 16.2 Å². The number of nitrogens with one attached hydrogen (secondary N) is 2. The summed E-state index contributed by atoms with van der Waals surface area (Å²) >= 11 is 0. The van der Waals surface area contributed by atoms with Crippen molar-refractivity contribution in [1.82, 2.24) is 15.5 Å². The van der Waals surface area contributed by atoms with Crippen LogP contribution in [0.15, 0.2) is 6.07 Å². The summed E-state index contributed by atoms with van der Waals surface area (Å²) in [5, 5.41) is 18.4. The van der Waals surface area contributed by atoms with Crippen LogP contribution in [0.1, 0.15) is 20.8 Å². The Hall–Kier alpha value is -2.12. The molecule has 8 nitrogen and oxygen atoms in total. The first-order valence-electron chi connectivity index (χ1n) is 4.48. The molecule has 16 heavy (non-hydrogen) atoms. The molecular weight excluding hydrogens is 216 g/mol. The standard InChI is InChI=1S/C8H12N4O4/c1-8(2,3)9-7(13)16-6-4-5(10-11-6)12(14)15/h4H,1-3H3,(H,9,13)(H,10,11). The van der Waals surface area contributed by atoms with Gasteiger partial charge in [-0.25, -0.2) is 4.79 Å². The number of aromatic nitrogens is 2. The third-order valence-corrected chi connectivity index (χ3v) is 1.41. The van der Waals surface area contributed by atoms with Crippen LogP contribution in [0.4, 0.5) is 10.6 Å². The van der Waals surface area contributed by atoms with Gasteiger partial charge in [0.15, 0.2) is 0 Å². The fourth-order valence-corrected chi connectivity index (χ4v) is 0.866. The summed E-state index contributed by atoms with van der Waals surface area (Å²) < 4.78 is 4.72. The number of hydrogen-bond donors (Lipinski definition) is 2. The van der Waals surface area contributed by atoms with Crippen molar-refractivity contribution in [3.8, 4) is 5.88 Å². The molecule has 2 N–H and O–H groups in total. The second kappa shape index (κ2) is 4.17. The van der Waals surface area contributed by atoms with E-state index in [1.54, 1.807) is 20.8 Å². The minimum Gasteiger partial charge on any atom is -0.387 e. The zero-order valence-corrected chi connectivity index (χ0v) is 9.10. The summed E-state index contributed by atoms with van der Waals surface area (Å²) in [5.41, 5.74) is -0.445. The molecule has 0 saturated carbocycles. The van der Waals surface area contributed by atoms with E-state index in [0.29, 0.717) is 0 Å². The average molecular weight is 228 g/mol. The number of carbonyl (C=O) groups is 1. The summed E-state index contributed by atoms with van der Waals surface area (Å²) in [4.78, 5) is 20.9. The maximum Gasteiger partial charge on any atom is 0.414 e. The second-order valence-electron chi connectivity index (χ2n) is 4.11. The summed E-state index contributed by atoms with van der Waals surface area (Å²) in [6, 6.07) is 1.03. The lowest BCUT2D eigenvalue weighted by molar-refractivity contribution is -0.389. The molecule has 0 aliphatic carbocycles. The first-order valence-corrected chi connectivity index (χ1v) is 4.48. The molecule has 8 heteroatoms. The van der Waals surface area contributed by atoms with Crippen molar-refractivity contribution in [2.24, 2.45) is 0 Å². The summed E-state index contributed by atoms with van der Waals surface area (Å²) in [7, 11) is 0. The van der Waals surface area contributed by atoms with Gasteiger partial charge in [-0.3, -0.25) is 0 Å². The van der Waals surface area contributed by atoms with Crippen molar-refractivity contribution >= 4 is 11.9 Å². The minimum absolute atomic E-state index is 0.145. The number of rotatable bonds is 2. The SMILES string of the molecule is CC(C)(C)NC(=O)Oc1cc([N+](=O)[O-])[nH]n1. The molecule has 0 aliphatic rings. The predicted octanol–water partition coefficient (Wildman–Crippen LogP) is 1.20. The molecule has 1 heterocycles. The van der Waals surface area contributed by atoms with Gasteiger partial charge in [0.25, 0.3) is 5.88 Å². The van der Waals surface area contributed by atoms with Gasteiger partial charge in [-0.15, -0.1) is 5.10 Å². The van der Waals surface area contributed by atoms with Gasteiger partial charge in [0, 0.05) is 5.54 Å². The number of hydrogen-bond acceptors (Lipinski definition) is 5. The van der Waals surface area contributed by atoms with E-state index in [1.807, 2.05) is 0 Å². The number of nitrogens with zero attached hydrogens (tertiary/aromatic N) is 2. The van der Waals surface area contributed by atoms with E-state index >= 15 is 0 Å². The zero-order chi connectivity index (χ0) is 12.3. The third kappa shape index (κ3) is 3.56. The smallest absolute Gasteiger partial charge is 0.387 e. The van der Waals surface area contributed by atoms with Crippen molar-refractivity contribution in [3.63, 3.8) is 0 Å². The highest BCUT2D eigenvalue weighted by atomic mass is 16.6. The molecule has 0 aromatic carbocycles. The van der Waals surface area contributed by atoms with Crippen LogP contribution in [-0.2, 0) is 0 Å². The first-order chi connectivity index (χ1) is 7.28. The molecule has 0 unspecified atom stereocenters. The quantitative estimate of drug-likeness (QED) is 0.583. The van der Waals surface area contributed by atoms with Crippen molar-refractivity contribution in [1.29, 1.82) is 0 Å². The Labute approximate surface area is 91.1 Å². The van der Waals surface area contributed by atoms with Crippen LogP contribution in [0.5, 0.6) is 5.88 Å². The normalized spacial score (nSPS) is 10.9. The molecule has 0 atom stereocenters. The summed E-state index contributed by atoms with van der Waals surface area (Å²) in [6.07, 6.45) is -0.714. The average Bonchev–Trinajstić information content (AvgIpc) is 2.48.